The summed E-state index contributed by atoms with van der Waals surface area (Å²) in [5, 5.41) is 5.22. The molecule has 0 saturated heterocycles. The van der Waals surface area contributed by atoms with Crippen molar-refractivity contribution in [2.45, 2.75) is 6.54 Å². The van der Waals surface area contributed by atoms with Crippen LogP contribution in [0.15, 0.2) is 47.5 Å². The van der Waals surface area contributed by atoms with E-state index in [1.807, 2.05) is 0 Å². The van der Waals surface area contributed by atoms with Gasteiger partial charge < -0.3 is 15.6 Å². The fourth-order valence-corrected chi connectivity index (χ4v) is 1.82. The molecule has 2 amide bonds. The van der Waals surface area contributed by atoms with Gasteiger partial charge in [0.05, 0.1) is 0 Å². The van der Waals surface area contributed by atoms with Crippen LogP contribution in [-0.4, -0.2) is 16.8 Å². The topological polar surface area (TPSA) is 91.1 Å². The van der Waals surface area contributed by atoms with Crippen LogP contribution < -0.4 is 16.1 Å². The van der Waals surface area contributed by atoms with Crippen molar-refractivity contribution < 1.29 is 9.59 Å². The molecule has 1 aromatic carbocycles. The number of aromatic nitrogens is 1. The lowest BCUT2D eigenvalue weighted by Gasteiger charge is -2.06. The number of aromatic amines is 1. The van der Waals surface area contributed by atoms with Gasteiger partial charge in [-0.2, -0.15) is 0 Å². The quantitative estimate of drug-likeness (QED) is 0.746. The standard InChI is InChI=1S/C14H12ClN3O3/c15-10-3-1-2-9(6-10)7-17-13(20)14(21)18-11-8-16-5-4-12(11)19/h1-6,8H,7H2,(H,16,19)(H,17,20)(H,18,21). The monoisotopic (exact) mass is 305 g/mol. The molecule has 1 heterocycles. The number of hydrogen-bond acceptors (Lipinski definition) is 3. The summed E-state index contributed by atoms with van der Waals surface area (Å²) in [6.45, 7) is 0.165. The van der Waals surface area contributed by atoms with Crippen LogP contribution in [0.2, 0.25) is 5.02 Å². The minimum absolute atomic E-state index is 0.0143. The van der Waals surface area contributed by atoms with Crippen LogP contribution in [-0.2, 0) is 16.1 Å². The Kier molecular flexibility index (Phi) is 4.73. The Morgan fingerprint density at radius 2 is 2.00 bits per heavy atom. The summed E-state index contributed by atoms with van der Waals surface area (Å²) >= 11 is 5.82. The molecule has 0 atom stereocenters. The molecule has 0 unspecified atom stereocenters. The van der Waals surface area contributed by atoms with Gasteiger partial charge in [0.25, 0.3) is 0 Å². The summed E-state index contributed by atoms with van der Waals surface area (Å²) in [5.41, 5.74) is 0.395. The number of benzene rings is 1. The van der Waals surface area contributed by atoms with Crippen molar-refractivity contribution in [1.29, 1.82) is 0 Å². The van der Waals surface area contributed by atoms with E-state index in [0.29, 0.717) is 5.02 Å². The minimum Gasteiger partial charge on any atom is -0.366 e. The molecule has 0 aliphatic carbocycles. The third-order valence-electron chi connectivity index (χ3n) is 2.62. The molecule has 0 fully saturated rings. The molecular weight excluding hydrogens is 294 g/mol. The second-order valence-electron chi connectivity index (χ2n) is 4.19. The van der Waals surface area contributed by atoms with Crippen LogP contribution in [0.4, 0.5) is 5.69 Å². The number of anilines is 1. The first-order chi connectivity index (χ1) is 10.1. The van der Waals surface area contributed by atoms with Crippen LogP contribution in [0, 0.1) is 0 Å². The highest BCUT2D eigenvalue weighted by molar-refractivity contribution is 6.39. The van der Waals surface area contributed by atoms with E-state index in [9.17, 15) is 14.4 Å². The van der Waals surface area contributed by atoms with Gasteiger partial charge in [-0.15, -0.1) is 0 Å². The largest absolute Gasteiger partial charge is 0.366 e. The predicted molar refractivity (Wildman–Crippen MR) is 79.0 cm³/mol. The average Bonchev–Trinajstić information content (AvgIpc) is 2.47. The maximum absolute atomic E-state index is 11.7. The van der Waals surface area contributed by atoms with E-state index in [1.165, 1.54) is 18.5 Å². The number of H-pyrrole nitrogens is 1. The van der Waals surface area contributed by atoms with E-state index in [0.717, 1.165) is 5.56 Å². The molecule has 0 radical (unpaired) electrons. The molecular formula is C14H12ClN3O3. The van der Waals surface area contributed by atoms with Crippen LogP contribution in [0.5, 0.6) is 0 Å². The first-order valence-electron chi connectivity index (χ1n) is 6.07. The Morgan fingerprint density at radius 3 is 2.71 bits per heavy atom. The Labute approximate surface area is 125 Å². The van der Waals surface area contributed by atoms with Gasteiger partial charge in [0, 0.05) is 30.0 Å². The smallest absolute Gasteiger partial charge is 0.313 e. The number of rotatable bonds is 3. The van der Waals surface area contributed by atoms with Crippen LogP contribution in [0.1, 0.15) is 5.56 Å². The number of pyridine rings is 1. The molecule has 0 bridgehead atoms. The second kappa shape index (κ2) is 6.71. The third-order valence-corrected chi connectivity index (χ3v) is 2.86. The van der Waals surface area contributed by atoms with Crippen molar-refractivity contribution in [2.75, 3.05) is 5.32 Å². The molecule has 108 valence electrons. The van der Waals surface area contributed by atoms with Crippen molar-refractivity contribution >= 4 is 29.1 Å². The van der Waals surface area contributed by atoms with Gasteiger partial charge in [-0.1, -0.05) is 23.7 Å². The first kappa shape index (κ1) is 14.8. The SMILES string of the molecule is O=C(NCc1cccc(Cl)c1)C(=O)Nc1c[nH]ccc1=O. The van der Waals surface area contributed by atoms with Gasteiger partial charge >= 0.3 is 11.8 Å². The fourth-order valence-electron chi connectivity index (χ4n) is 1.60. The third kappa shape index (κ3) is 4.19. The molecule has 7 heteroatoms. The van der Waals surface area contributed by atoms with Gasteiger partial charge in [-0.3, -0.25) is 14.4 Å². The Morgan fingerprint density at radius 1 is 1.19 bits per heavy atom. The number of amides is 2. The zero-order valence-electron chi connectivity index (χ0n) is 10.9. The maximum atomic E-state index is 11.7. The lowest BCUT2D eigenvalue weighted by atomic mass is 10.2. The van der Waals surface area contributed by atoms with E-state index in [1.54, 1.807) is 24.3 Å². The van der Waals surface area contributed by atoms with Crippen molar-refractivity contribution in [3.63, 3.8) is 0 Å². The molecule has 3 N–H and O–H groups in total. The molecule has 0 aliphatic rings. The van der Waals surface area contributed by atoms with Gasteiger partial charge in [-0.05, 0) is 17.7 Å². The van der Waals surface area contributed by atoms with E-state index in [2.05, 4.69) is 15.6 Å². The van der Waals surface area contributed by atoms with E-state index >= 15 is 0 Å². The highest BCUT2D eigenvalue weighted by Gasteiger charge is 2.14. The number of halogens is 1. The van der Waals surface area contributed by atoms with Gasteiger partial charge in [0.1, 0.15) is 5.69 Å². The lowest BCUT2D eigenvalue weighted by molar-refractivity contribution is -0.136. The van der Waals surface area contributed by atoms with Crippen LogP contribution >= 0.6 is 11.6 Å². The van der Waals surface area contributed by atoms with Crippen molar-refractivity contribution in [3.05, 3.63) is 63.5 Å². The van der Waals surface area contributed by atoms with Crippen LogP contribution in [0.25, 0.3) is 0 Å². The molecule has 0 saturated carbocycles. The summed E-state index contributed by atoms with van der Waals surface area (Å²) in [6, 6.07) is 8.15. The molecule has 0 aliphatic heterocycles. The number of hydrogen-bond donors (Lipinski definition) is 3. The van der Waals surface area contributed by atoms with Crippen molar-refractivity contribution in [3.8, 4) is 0 Å². The summed E-state index contributed by atoms with van der Waals surface area (Å²) in [7, 11) is 0. The zero-order chi connectivity index (χ0) is 15.2. The molecule has 1 aromatic heterocycles. The van der Waals surface area contributed by atoms with Gasteiger partial charge in [0.2, 0.25) is 5.43 Å². The van der Waals surface area contributed by atoms with E-state index in [-0.39, 0.29) is 17.7 Å². The van der Waals surface area contributed by atoms with Crippen molar-refractivity contribution in [2.24, 2.45) is 0 Å². The molecule has 2 aromatic rings. The molecule has 6 nitrogen and oxygen atoms in total. The minimum atomic E-state index is -0.909. The molecule has 0 spiro atoms. The van der Waals surface area contributed by atoms with Crippen LogP contribution in [0.3, 0.4) is 0 Å². The highest BCUT2D eigenvalue weighted by Crippen LogP contribution is 2.10. The molecule has 21 heavy (non-hydrogen) atoms. The van der Waals surface area contributed by atoms with Crippen molar-refractivity contribution in [1.82, 2.24) is 10.3 Å². The summed E-state index contributed by atoms with van der Waals surface area (Å²) < 4.78 is 0. The fraction of sp³-hybridized carbons (Fsp3) is 0.0714. The second-order valence-corrected chi connectivity index (χ2v) is 4.63. The Bertz CT molecular complexity index is 727. The summed E-state index contributed by atoms with van der Waals surface area (Å²) in [5.74, 6) is -1.74. The predicted octanol–water partition coefficient (Wildman–Crippen LogP) is 1.28. The maximum Gasteiger partial charge on any atom is 0.313 e. The van der Waals surface area contributed by atoms with E-state index in [4.69, 9.17) is 11.6 Å². The number of nitrogens with one attached hydrogen (secondary N) is 3. The summed E-state index contributed by atoms with van der Waals surface area (Å²) in [6.07, 6.45) is 2.74. The Hall–Kier alpha value is -2.60. The summed E-state index contributed by atoms with van der Waals surface area (Å²) in [4.78, 5) is 37.4. The number of carbonyl (C=O) groups is 2. The Balaban J connectivity index is 1.93. The highest BCUT2D eigenvalue weighted by atomic mass is 35.5. The van der Waals surface area contributed by atoms with E-state index < -0.39 is 11.8 Å². The first-order valence-corrected chi connectivity index (χ1v) is 6.45. The van der Waals surface area contributed by atoms with Gasteiger partial charge in [0.15, 0.2) is 0 Å². The molecule has 2 rings (SSSR count). The zero-order valence-corrected chi connectivity index (χ0v) is 11.6. The number of carbonyl (C=O) groups excluding carboxylic acids is 2. The van der Waals surface area contributed by atoms with Gasteiger partial charge in [-0.25, -0.2) is 0 Å². The average molecular weight is 306 g/mol. The lowest BCUT2D eigenvalue weighted by Crippen LogP contribution is -2.36. The normalized spacial score (nSPS) is 9.95.